The molecular formula is C13H20N2O2S2. The summed E-state index contributed by atoms with van der Waals surface area (Å²) in [5.41, 5.74) is 6.09. The van der Waals surface area contributed by atoms with Crippen molar-refractivity contribution in [2.24, 2.45) is 11.7 Å². The van der Waals surface area contributed by atoms with Crippen LogP contribution in [0.15, 0.2) is 29.2 Å². The fourth-order valence-corrected chi connectivity index (χ4v) is 2.91. The number of benzene rings is 1. The van der Waals surface area contributed by atoms with E-state index in [0.717, 1.165) is 6.42 Å². The van der Waals surface area contributed by atoms with Gasteiger partial charge in [-0.25, -0.2) is 12.7 Å². The molecule has 0 aromatic heterocycles. The van der Waals surface area contributed by atoms with Crippen LogP contribution in [0.2, 0.25) is 0 Å². The zero-order valence-electron chi connectivity index (χ0n) is 11.5. The highest BCUT2D eigenvalue weighted by molar-refractivity contribution is 7.89. The molecule has 106 valence electrons. The second kappa shape index (κ2) is 6.45. The highest BCUT2D eigenvalue weighted by Crippen LogP contribution is 2.17. The molecule has 1 aromatic carbocycles. The van der Waals surface area contributed by atoms with E-state index >= 15 is 0 Å². The van der Waals surface area contributed by atoms with Crippen molar-refractivity contribution in [3.63, 3.8) is 0 Å². The standard InChI is InChI=1S/C13H20N2O2S2/c1-10(2)7-8-15(3)19(16,17)12-6-4-5-11(9-12)13(14)18/h4-6,9-10H,7-8H2,1-3H3,(H2,14,18). The average Bonchev–Trinajstić information content (AvgIpc) is 2.35. The van der Waals surface area contributed by atoms with Crippen molar-refractivity contribution in [3.8, 4) is 0 Å². The molecule has 0 amide bonds. The molecular weight excluding hydrogens is 280 g/mol. The molecule has 0 atom stereocenters. The van der Waals surface area contributed by atoms with Gasteiger partial charge in [0.05, 0.1) is 4.90 Å². The minimum absolute atomic E-state index is 0.196. The molecule has 0 aliphatic carbocycles. The van der Waals surface area contributed by atoms with Gasteiger partial charge in [0, 0.05) is 19.2 Å². The molecule has 19 heavy (non-hydrogen) atoms. The summed E-state index contributed by atoms with van der Waals surface area (Å²) in [6, 6.07) is 6.43. The normalized spacial score (nSPS) is 12.1. The Morgan fingerprint density at radius 2 is 2.05 bits per heavy atom. The fourth-order valence-electron chi connectivity index (χ4n) is 1.55. The number of hydrogen-bond acceptors (Lipinski definition) is 3. The van der Waals surface area contributed by atoms with Crippen LogP contribution in [-0.4, -0.2) is 31.3 Å². The molecule has 0 saturated carbocycles. The number of hydrogen-bond donors (Lipinski definition) is 1. The summed E-state index contributed by atoms with van der Waals surface area (Å²) in [6.45, 7) is 4.62. The summed E-state index contributed by atoms with van der Waals surface area (Å²) < 4.78 is 26.1. The molecule has 0 saturated heterocycles. The zero-order valence-corrected chi connectivity index (χ0v) is 13.1. The quantitative estimate of drug-likeness (QED) is 0.816. The lowest BCUT2D eigenvalue weighted by atomic mass is 10.1. The summed E-state index contributed by atoms with van der Waals surface area (Å²) >= 11 is 4.87. The Hall–Kier alpha value is -0.980. The fraction of sp³-hybridized carbons (Fsp3) is 0.462. The molecule has 1 rings (SSSR count). The highest BCUT2D eigenvalue weighted by Gasteiger charge is 2.21. The van der Waals surface area contributed by atoms with Gasteiger partial charge in [-0.05, 0) is 24.5 Å². The first-order chi connectivity index (χ1) is 8.75. The van der Waals surface area contributed by atoms with Crippen molar-refractivity contribution in [3.05, 3.63) is 29.8 Å². The maximum absolute atomic E-state index is 12.4. The molecule has 0 aliphatic rings. The smallest absolute Gasteiger partial charge is 0.242 e. The van der Waals surface area contributed by atoms with Crippen molar-refractivity contribution in [2.45, 2.75) is 25.2 Å². The predicted octanol–water partition coefficient (Wildman–Crippen LogP) is 1.99. The minimum atomic E-state index is -3.47. The van der Waals surface area contributed by atoms with Crippen LogP contribution in [-0.2, 0) is 10.0 Å². The van der Waals surface area contributed by atoms with E-state index in [9.17, 15) is 8.42 Å². The molecule has 0 radical (unpaired) electrons. The van der Waals surface area contributed by atoms with Crippen molar-refractivity contribution >= 4 is 27.2 Å². The third-order valence-electron chi connectivity index (χ3n) is 2.85. The van der Waals surface area contributed by atoms with E-state index in [1.807, 2.05) is 0 Å². The van der Waals surface area contributed by atoms with Crippen LogP contribution in [0.1, 0.15) is 25.8 Å². The summed E-state index contributed by atoms with van der Waals surface area (Å²) in [7, 11) is -1.88. The van der Waals surface area contributed by atoms with Gasteiger partial charge in [0.2, 0.25) is 10.0 Å². The predicted molar refractivity (Wildman–Crippen MR) is 81.6 cm³/mol. The van der Waals surface area contributed by atoms with Crippen molar-refractivity contribution in [1.82, 2.24) is 4.31 Å². The summed E-state index contributed by atoms with van der Waals surface area (Å²) in [4.78, 5) is 0.422. The number of nitrogens with two attached hydrogens (primary N) is 1. The zero-order chi connectivity index (χ0) is 14.6. The van der Waals surface area contributed by atoms with E-state index in [1.54, 1.807) is 25.2 Å². The van der Waals surface area contributed by atoms with E-state index in [1.165, 1.54) is 10.4 Å². The Bertz CT molecular complexity index is 554. The largest absolute Gasteiger partial charge is 0.389 e. The maximum atomic E-state index is 12.4. The van der Waals surface area contributed by atoms with Crippen LogP contribution in [0.4, 0.5) is 0 Å². The molecule has 0 spiro atoms. The lowest BCUT2D eigenvalue weighted by molar-refractivity contribution is 0.428. The molecule has 0 bridgehead atoms. The molecule has 0 fully saturated rings. The first-order valence-electron chi connectivity index (χ1n) is 6.11. The molecule has 2 N–H and O–H groups in total. The van der Waals surface area contributed by atoms with Crippen LogP contribution in [0.5, 0.6) is 0 Å². The third-order valence-corrected chi connectivity index (χ3v) is 4.94. The summed E-state index contributed by atoms with van der Waals surface area (Å²) in [5, 5.41) is 0. The summed E-state index contributed by atoms with van der Waals surface area (Å²) in [6.07, 6.45) is 0.824. The van der Waals surface area contributed by atoms with Crippen LogP contribution in [0.3, 0.4) is 0 Å². The molecule has 4 nitrogen and oxygen atoms in total. The van der Waals surface area contributed by atoms with E-state index in [0.29, 0.717) is 18.0 Å². The number of rotatable bonds is 6. The van der Waals surface area contributed by atoms with Gasteiger partial charge in [0.15, 0.2) is 0 Å². The molecule has 1 aromatic rings. The Labute approximate surface area is 120 Å². The Morgan fingerprint density at radius 3 is 2.58 bits per heavy atom. The van der Waals surface area contributed by atoms with E-state index in [-0.39, 0.29) is 9.88 Å². The summed E-state index contributed by atoms with van der Waals surface area (Å²) in [5.74, 6) is 0.459. The highest BCUT2D eigenvalue weighted by atomic mass is 32.2. The Balaban J connectivity index is 2.99. The van der Waals surface area contributed by atoms with Gasteiger partial charge in [-0.3, -0.25) is 0 Å². The van der Waals surface area contributed by atoms with Gasteiger partial charge >= 0.3 is 0 Å². The molecule has 0 heterocycles. The minimum Gasteiger partial charge on any atom is -0.389 e. The first-order valence-corrected chi connectivity index (χ1v) is 7.96. The SMILES string of the molecule is CC(C)CCN(C)S(=O)(=O)c1cccc(C(N)=S)c1. The van der Waals surface area contributed by atoms with Gasteiger partial charge in [0.1, 0.15) is 4.99 Å². The number of nitrogens with zero attached hydrogens (tertiary/aromatic N) is 1. The van der Waals surface area contributed by atoms with Gasteiger partial charge in [-0.2, -0.15) is 0 Å². The van der Waals surface area contributed by atoms with Crippen molar-refractivity contribution in [1.29, 1.82) is 0 Å². The van der Waals surface area contributed by atoms with Crippen LogP contribution in [0, 0.1) is 5.92 Å². The Morgan fingerprint density at radius 1 is 1.42 bits per heavy atom. The van der Waals surface area contributed by atoms with Gasteiger partial charge in [-0.1, -0.05) is 38.2 Å². The average molecular weight is 300 g/mol. The van der Waals surface area contributed by atoms with Crippen LogP contribution in [0.25, 0.3) is 0 Å². The first kappa shape index (κ1) is 16.1. The van der Waals surface area contributed by atoms with E-state index in [2.05, 4.69) is 13.8 Å². The van der Waals surface area contributed by atoms with E-state index in [4.69, 9.17) is 18.0 Å². The number of sulfonamides is 1. The van der Waals surface area contributed by atoms with Crippen LogP contribution < -0.4 is 5.73 Å². The second-order valence-electron chi connectivity index (χ2n) is 4.90. The van der Waals surface area contributed by atoms with E-state index < -0.39 is 10.0 Å². The lowest BCUT2D eigenvalue weighted by Gasteiger charge is -2.18. The van der Waals surface area contributed by atoms with Crippen LogP contribution >= 0.6 is 12.2 Å². The van der Waals surface area contributed by atoms with Gasteiger partial charge in [-0.15, -0.1) is 0 Å². The Kier molecular flexibility index (Phi) is 5.46. The number of thiocarbonyl (C=S) groups is 1. The van der Waals surface area contributed by atoms with Crippen molar-refractivity contribution < 1.29 is 8.42 Å². The second-order valence-corrected chi connectivity index (χ2v) is 7.39. The lowest BCUT2D eigenvalue weighted by Crippen LogP contribution is -2.29. The molecule has 6 heteroatoms. The third kappa shape index (κ3) is 4.26. The maximum Gasteiger partial charge on any atom is 0.242 e. The van der Waals surface area contributed by atoms with Crippen molar-refractivity contribution in [2.75, 3.05) is 13.6 Å². The topological polar surface area (TPSA) is 63.4 Å². The molecule has 0 unspecified atom stereocenters. The van der Waals surface area contributed by atoms with Gasteiger partial charge < -0.3 is 5.73 Å². The molecule has 0 aliphatic heterocycles. The van der Waals surface area contributed by atoms with Gasteiger partial charge in [0.25, 0.3) is 0 Å². The monoisotopic (exact) mass is 300 g/mol.